The van der Waals surface area contributed by atoms with Crippen LogP contribution >= 0.6 is 0 Å². The first-order valence-corrected chi connectivity index (χ1v) is 6.28. The van der Waals surface area contributed by atoms with E-state index in [-0.39, 0.29) is 5.97 Å². The van der Waals surface area contributed by atoms with Crippen molar-refractivity contribution >= 4 is 5.97 Å². The van der Waals surface area contributed by atoms with Gasteiger partial charge in [-0.05, 0) is 37.7 Å². The van der Waals surface area contributed by atoms with Crippen molar-refractivity contribution in [3.8, 4) is 0 Å². The number of carbonyl (C=O) groups is 1. The van der Waals surface area contributed by atoms with Crippen molar-refractivity contribution in [1.82, 2.24) is 10.2 Å². The standard InChI is InChI=1S/C14H20N2O2/c1-16-8-7-13(10-16)15-9-11-3-5-12(6-4-11)14(17)18-2/h3-6,13,15H,7-10H2,1-2H3. The van der Waals surface area contributed by atoms with Crippen LogP contribution in [-0.2, 0) is 11.3 Å². The van der Waals surface area contributed by atoms with Crippen molar-refractivity contribution in [3.05, 3.63) is 35.4 Å². The van der Waals surface area contributed by atoms with Crippen LogP contribution in [0, 0.1) is 0 Å². The molecule has 2 rings (SSSR count). The molecule has 0 spiro atoms. The molecule has 1 saturated heterocycles. The molecule has 0 radical (unpaired) electrons. The fraction of sp³-hybridized carbons (Fsp3) is 0.500. The molecule has 4 nitrogen and oxygen atoms in total. The molecule has 1 aromatic carbocycles. The summed E-state index contributed by atoms with van der Waals surface area (Å²) in [5.74, 6) is -0.285. The van der Waals surface area contributed by atoms with Gasteiger partial charge in [0.2, 0.25) is 0 Å². The lowest BCUT2D eigenvalue weighted by Gasteiger charge is -2.12. The van der Waals surface area contributed by atoms with Crippen molar-refractivity contribution in [3.63, 3.8) is 0 Å². The third kappa shape index (κ3) is 3.31. The molecule has 1 N–H and O–H groups in total. The van der Waals surface area contributed by atoms with Crippen molar-refractivity contribution < 1.29 is 9.53 Å². The fourth-order valence-corrected chi connectivity index (χ4v) is 2.24. The molecule has 0 aromatic heterocycles. The smallest absolute Gasteiger partial charge is 0.337 e. The van der Waals surface area contributed by atoms with Gasteiger partial charge in [-0.1, -0.05) is 12.1 Å². The number of hydrogen-bond donors (Lipinski definition) is 1. The second kappa shape index (κ2) is 5.98. The minimum absolute atomic E-state index is 0.285. The van der Waals surface area contributed by atoms with Crippen LogP contribution < -0.4 is 5.32 Å². The van der Waals surface area contributed by atoms with Crippen LogP contribution in [0.4, 0.5) is 0 Å². The molecule has 98 valence electrons. The van der Waals surface area contributed by atoms with E-state index in [0.29, 0.717) is 11.6 Å². The zero-order chi connectivity index (χ0) is 13.0. The lowest BCUT2D eigenvalue weighted by Crippen LogP contribution is -2.30. The summed E-state index contributed by atoms with van der Waals surface area (Å²) in [7, 11) is 3.54. The molecule has 0 amide bonds. The molecular weight excluding hydrogens is 228 g/mol. The number of carbonyl (C=O) groups excluding carboxylic acids is 1. The zero-order valence-corrected chi connectivity index (χ0v) is 11.0. The summed E-state index contributed by atoms with van der Waals surface area (Å²) in [6.45, 7) is 3.12. The lowest BCUT2D eigenvalue weighted by molar-refractivity contribution is 0.0600. The molecule has 1 aliphatic rings. The minimum atomic E-state index is -0.285. The van der Waals surface area contributed by atoms with E-state index in [1.54, 1.807) is 0 Å². The second-order valence-corrected chi connectivity index (χ2v) is 4.82. The number of likely N-dealkylation sites (tertiary alicyclic amines) is 1. The van der Waals surface area contributed by atoms with Crippen LogP contribution in [0.5, 0.6) is 0 Å². The molecule has 0 saturated carbocycles. The quantitative estimate of drug-likeness (QED) is 0.815. The molecule has 4 heteroatoms. The maximum atomic E-state index is 11.3. The molecule has 1 aliphatic heterocycles. The van der Waals surface area contributed by atoms with Gasteiger partial charge in [-0.3, -0.25) is 0 Å². The van der Waals surface area contributed by atoms with E-state index in [4.69, 9.17) is 0 Å². The Morgan fingerprint density at radius 1 is 1.44 bits per heavy atom. The number of nitrogens with one attached hydrogen (secondary N) is 1. The van der Waals surface area contributed by atoms with Gasteiger partial charge in [0, 0.05) is 19.1 Å². The molecule has 0 bridgehead atoms. The highest BCUT2D eigenvalue weighted by atomic mass is 16.5. The van der Waals surface area contributed by atoms with Gasteiger partial charge in [0.1, 0.15) is 0 Å². The minimum Gasteiger partial charge on any atom is -0.465 e. The van der Waals surface area contributed by atoms with Crippen LogP contribution in [-0.4, -0.2) is 44.2 Å². The number of hydrogen-bond acceptors (Lipinski definition) is 4. The number of benzene rings is 1. The molecule has 1 unspecified atom stereocenters. The highest BCUT2D eigenvalue weighted by molar-refractivity contribution is 5.89. The number of rotatable bonds is 4. The summed E-state index contributed by atoms with van der Waals surface area (Å²) in [6.07, 6.45) is 1.21. The Hall–Kier alpha value is -1.39. The number of nitrogens with zero attached hydrogens (tertiary/aromatic N) is 1. The zero-order valence-electron chi connectivity index (χ0n) is 11.0. The molecule has 1 atom stereocenters. The topological polar surface area (TPSA) is 41.6 Å². The number of methoxy groups -OCH3 is 1. The van der Waals surface area contributed by atoms with Crippen molar-refractivity contribution in [1.29, 1.82) is 0 Å². The van der Waals surface area contributed by atoms with Gasteiger partial charge in [0.15, 0.2) is 0 Å². The Morgan fingerprint density at radius 3 is 2.72 bits per heavy atom. The van der Waals surface area contributed by atoms with E-state index in [9.17, 15) is 4.79 Å². The SMILES string of the molecule is COC(=O)c1ccc(CNC2CCN(C)C2)cc1. The average molecular weight is 248 g/mol. The van der Waals surface area contributed by atoms with Crippen molar-refractivity contribution in [2.45, 2.75) is 19.0 Å². The molecule has 1 heterocycles. The summed E-state index contributed by atoms with van der Waals surface area (Å²) < 4.78 is 4.67. The van der Waals surface area contributed by atoms with E-state index in [2.05, 4.69) is 22.0 Å². The summed E-state index contributed by atoms with van der Waals surface area (Å²) in [5, 5.41) is 3.53. The monoisotopic (exact) mass is 248 g/mol. The Morgan fingerprint density at radius 2 is 2.17 bits per heavy atom. The maximum absolute atomic E-state index is 11.3. The van der Waals surface area contributed by atoms with Gasteiger partial charge < -0.3 is 15.0 Å². The van der Waals surface area contributed by atoms with Crippen LogP contribution in [0.25, 0.3) is 0 Å². The predicted molar refractivity (Wildman–Crippen MR) is 70.5 cm³/mol. The van der Waals surface area contributed by atoms with Gasteiger partial charge >= 0.3 is 5.97 Å². The number of ether oxygens (including phenoxy) is 1. The Labute approximate surface area is 108 Å². The Balaban J connectivity index is 1.85. The Kier molecular flexibility index (Phi) is 4.33. The van der Waals surface area contributed by atoms with E-state index in [1.165, 1.54) is 25.6 Å². The largest absolute Gasteiger partial charge is 0.465 e. The summed E-state index contributed by atoms with van der Waals surface area (Å²) in [6, 6.07) is 8.14. The van der Waals surface area contributed by atoms with Crippen molar-refractivity contribution in [2.75, 3.05) is 27.2 Å². The van der Waals surface area contributed by atoms with Gasteiger partial charge in [0.25, 0.3) is 0 Å². The number of esters is 1. The molecule has 0 aliphatic carbocycles. The lowest BCUT2D eigenvalue weighted by atomic mass is 10.1. The first-order chi connectivity index (χ1) is 8.69. The first kappa shape index (κ1) is 13.1. The van der Waals surface area contributed by atoms with Gasteiger partial charge in [-0.15, -0.1) is 0 Å². The van der Waals surface area contributed by atoms with Crippen LogP contribution in [0.3, 0.4) is 0 Å². The van der Waals surface area contributed by atoms with E-state index in [0.717, 1.165) is 13.1 Å². The average Bonchev–Trinajstić information content (AvgIpc) is 2.82. The predicted octanol–water partition coefficient (Wildman–Crippen LogP) is 1.27. The second-order valence-electron chi connectivity index (χ2n) is 4.82. The van der Waals surface area contributed by atoms with Crippen LogP contribution in [0.15, 0.2) is 24.3 Å². The van der Waals surface area contributed by atoms with Gasteiger partial charge in [-0.2, -0.15) is 0 Å². The van der Waals surface area contributed by atoms with Crippen LogP contribution in [0.1, 0.15) is 22.3 Å². The first-order valence-electron chi connectivity index (χ1n) is 6.28. The summed E-state index contributed by atoms with van der Waals surface area (Å²) in [4.78, 5) is 13.6. The molecule has 1 aromatic rings. The molecular formula is C14H20N2O2. The highest BCUT2D eigenvalue weighted by Gasteiger charge is 2.18. The van der Waals surface area contributed by atoms with Gasteiger partial charge in [0.05, 0.1) is 12.7 Å². The maximum Gasteiger partial charge on any atom is 0.337 e. The van der Waals surface area contributed by atoms with E-state index >= 15 is 0 Å². The Bertz CT molecular complexity index is 403. The third-order valence-corrected chi connectivity index (χ3v) is 3.36. The van der Waals surface area contributed by atoms with E-state index < -0.39 is 0 Å². The summed E-state index contributed by atoms with van der Waals surface area (Å²) in [5.41, 5.74) is 1.79. The fourth-order valence-electron chi connectivity index (χ4n) is 2.24. The highest BCUT2D eigenvalue weighted by Crippen LogP contribution is 2.09. The van der Waals surface area contributed by atoms with Gasteiger partial charge in [-0.25, -0.2) is 4.79 Å². The van der Waals surface area contributed by atoms with Crippen molar-refractivity contribution in [2.24, 2.45) is 0 Å². The number of likely N-dealkylation sites (N-methyl/N-ethyl adjacent to an activating group) is 1. The van der Waals surface area contributed by atoms with Crippen LogP contribution in [0.2, 0.25) is 0 Å². The molecule has 1 fully saturated rings. The van der Waals surface area contributed by atoms with E-state index in [1.807, 2.05) is 24.3 Å². The third-order valence-electron chi connectivity index (χ3n) is 3.36. The summed E-state index contributed by atoms with van der Waals surface area (Å²) >= 11 is 0. The normalized spacial score (nSPS) is 20.0. The molecule has 18 heavy (non-hydrogen) atoms.